The van der Waals surface area contributed by atoms with E-state index in [1.54, 1.807) is 39.9 Å². The van der Waals surface area contributed by atoms with E-state index in [0.29, 0.717) is 42.7 Å². The molecule has 1 aromatic carbocycles. The Morgan fingerprint density at radius 3 is 2.63 bits per heavy atom. The first kappa shape index (κ1) is 28.2. The number of carbonyl (C=O) groups excluding carboxylic acids is 1. The van der Waals surface area contributed by atoms with Crippen LogP contribution >= 0.6 is 0 Å². The number of nitrogens with zero attached hydrogens (tertiary/aromatic N) is 8. The maximum atomic E-state index is 15.5. The summed E-state index contributed by atoms with van der Waals surface area (Å²) in [7, 11) is 0. The van der Waals surface area contributed by atoms with Crippen LogP contribution in [0.1, 0.15) is 39.2 Å². The summed E-state index contributed by atoms with van der Waals surface area (Å²) in [6.07, 6.45) is 5.63. The quantitative estimate of drug-likeness (QED) is 0.190. The Morgan fingerprint density at radius 2 is 1.93 bits per heavy atom. The molecule has 0 bridgehead atoms. The number of hydrogen-bond donors (Lipinski definition) is 1. The van der Waals surface area contributed by atoms with E-state index in [9.17, 15) is 10.1 Å². The average Bonchev–Trinajstić information content (AvgIpc) is 3.36. The number of fused-ring (bicyclic) bond motifs is 1. The third-order valence-electron chi connectivity index (χ3n) is 8.11. The molecule has 43 heavy (non-hydrogen) atoms. The predicted molar refractivity (Wildman–Crippen MR) is 158 cm³/mol. The molecule has 1 atom stereocenters. The van der Waals surface area contributed by atoms with E-state index in [0.717, 1.165) is 19.5 Å². The number of nitrogen functional groups attached to an aromatic ring is 1. The number of amides is 1. The molecule has 2 fully saturated rings. The van der Waals surface area contributed by atoms with Crippen molar-refractivity contribution in [3.8, 4) is 29.0 Å². The number of para-hydroxylation sites is 1. The number of hydrogen-bond acceptors (Lipinski definition) is 9. The molecule has 220 valence electrons. The normalized spacial score (nSPS) is 17.9. The van der Waals surface area contributed by atoms with Crippen molar-refractivity contribution in [1.82, 2.24) is 34.5 Å². The highest BCUT2D eigenvalue weighted by Gasteiger charge is 2.34. The lowest BCUT2D eigenvalue weighted by molar-refractivity contribution is -0.128. The van der Waals surface area contributed by atoms with Gasteiger partial charge in [-0.05, 0) is 57.4 Å². The van der Waals surface area contributed by atoms with Crippen LogP contribution in [0.4, 0.5) is 10.2 Å². The number of rotatable bonds is 7. The van der Waals surface area contributed by atoms with Gasteiger partial charge >= 0.3 is 0 Å². The first-order valence-electron chi connectivity index (χ1n) is 14.3. The van der Waals surface area contributed by atoms with E-state index in [1.165, 1.54) is 6.33 Å². The summed E-state index contributed by atoms with van der Waals surface area (Å²) in [5.74, 6) is -0.306. The van der Waals surface area contributed by atoms with Gasteiger partial charge in [0, 0.05) is 37.8 Å². The van der Waals surface area contributed by atoms with Crippen molar-refractivity contribution in [2.75, 3.05) is 31.9 Å². The second-order valence-electron chi connectivity index (χ2n) is 11.4. The highest BCUT2D eigenvalue weighted by atomic mass is 19.1. The molecular formula is C31H32FN9O2. The summed E-state index contributed by atoms with van der Waals surface area (Å²) in [6, 6.07) is 13.9. The van der Waals surface area contributed by atoms with Gasteiger partial charge in [-0.2, -0.15) is 19.7 Å². The molecule has 11 nitrogen and oxygen atoms in total. The van der Waals surface area contributed by atoms with Crippen molar-refractivity contribution in [2.45, 2.75) is 44.7 Å². The van der Waals surface area contributed by atoms with Gasteiger partial charge < -0.3 is 15.4 Å². The lowest BCUT2D eigenvalue weighted by atomic mass is 9.94. The summed E-state index contributed by atoms with van der Waals surface area (Å²) in [4.78, 5) is 30.0. The van der Waals surface area contributed by atoms with Crippen LogP contribution in [-0.2, 0) is 4.79 Å². The molecule has 4 aromatic rings. The van der Waals surface area contributed by atoms with Crippen molar-refractivity contribution in [3.63, 3.8) is 0 Å². The van der Waals surface area contributed by atoms with E-state index >= 15 is 4.39 Å². The summed E-state index contributed by atoms with van der Waals surface area (Å²) in [5.41, 5.74) is 6.81. The second kappa shape index (κ2) is 11.4. The average molecular weight is 582 g/mol. The van der Waals surface area contributed by atoms with E-state index in [-0.39, 0.29) is 40.5 Å². The fourth-order valence-corrected chi connectivity index (χ4v) is 5.69. The zero-order valence-electron chi connectivity index (χ0n) is 24.1. The summed E-state index contributed by atoms with van der Waals surface area (Å²) in [6.45, 7) is 6.76. The van der Waals surface area contributed by atoms with Crippen molar-refractivity contribution in [1.29, 1.82) is 5.26 Å². The fraction of sp³-hybridized carbons (Fsp3) is 0.355. The largest absolute Gasteiger partial charge is 0.439 e. The van der Waals surface area contributed by atoms with Crippen LogP contribution in [-0.4, -0.2) is 72.2 Å². The first-order chi connectivity index (χ1) is 20.7. The van der Waals surface area contributed by atoms with Gasteiger partial charge in [-0.3, -0.25) is 9.69 Å². The zero-order chi connectivity index (χ0) is 30.1. The van der Waals surface area contributed by atoms with Gasteiger partial charge in [0.05, 0.1) is 17.0 Å². The topological polar surface area (TPSA) is 139 Å². The van der Waals surface area contributed by atoms with Crippen LogP contribution in [0.3, 0.4) is 0 Å². The predicted octanol–water partition coefficient (Wildman–Crippen LogP) is 4.50. The highest BCUT2D eigenvalue weighted by molar-refractivity contribution is 5.99. The number of benzene rings is 1. The standard InChI is InChI=1S/C31H32FN9O2/c1-31(2,40-14-7-15-40)16-20(17-33)30(42)39-13-6-8-21(18-39)41-29-25(28(34)35-19-36-29)26(38-41)23-11-12-24(37-27(23)32)43-22-9-4-3-5-10-22/h3-5,9-12,16,19,21H,6-8,13-15,18H2,1-2H3,(H2,34,35,36)/t21-/m1/s1. The Kier molecular flexibility index (Phi) is 7.50. The molecule has 2 saturated heterocycles. The minimum atomic E-state index is -0.780. The third-order valence-corrected chi connectivity index (χ3v) is 8.11. The van der Waals surface area contributed by atoms with Gasteiger partial charge in [-0.1, -0.05) is 18.2 Å². The van der Waals surface area contributed by atoms with Crippen molar-refractivity contribution in [2.24, 2.45) is 0 Å². The summed E-state index contributed by atoms with van der Waals surface area (Å²) >= 11 is 0. The molecule has 1 amide bonds. The Bertz CT molecular complexity index is 1740. The van der Waals surface area contributed by atoms with Gasteiger partial charge in [0.1, 0.15) is 35.2 Å². The number of piperidine rings is 1. The number of carbonyl (C=O) groups is 1. The first-order valence-corrected chi connectivity index (χ1v) is 14.3. The molecule has 0 saturated carbocycles. The maximum absolute atomic E-state index is 15.5. The van der Waals surface area contributed by atoms with Crippen molar-refractivity contribution >= 4 is 22.8 Å². The molecule has 2 N–H and O–H groups in total. The number of pyridine rings is 1. The molecule has 5 heterocycles. The number of anilines is 1. The van der Waals surface area contributed by atoms with Gasteiger partial charge in [-0.25, -0.2) is 14.6 Å². The van der Waals surface area contributed by atoms with Gasteiger partial charge in [0.25, 0.3) is 5.91 Å². The minimum absolute atomic E-state index is 0.0977. The lowest BCUT2D eigenvalue weighted by Gasteiger charge is -2.43. The number of likely N-dealkylation sites (tertiary alicyclic amines) is 2. The van der Waals surface area contributed by atoms with Crippen LogP contribution in [0.25, 0.3) is 22.3 Å². The third kappa shape index (κ3) is 5.51. The Hall–Kier alpha value is -4.89. The van der Waals surface area contributed by atoms with Crippen LogP contribution in [0.15, 0.2) is 60.4 Å². The molecule has 6 rings (SSSR count). The number of aromatic nitrogens is 5. The van der Waals surface area contributed by atoms with Crippen LogP contribution < -0.4 is 10.5 Å². The molecule has 0 spiro atoms. The van der Waals surface area contributed by atoms with Crippen LogP contribution in [0.5, 0.6) is 11.6 Å². The number of nitrogens with two attached hydrogens (primary N) is 1. The smallest absolute Gasteiger partial charge is 0.264 e. The van der Waals surface area contributed by atoms with Crippen LogP contribution in [0, 0.1) is 17.3 Å². The highest BCUT2D eigenvalue weighted by Crippen LogP contribution is 2.36. The molecule has 2 aliphatic heterocycles. The SMILES string of the molecule is CC(C)(C=C(C#N)C(=O)N1CCC[C@@H](n2nc(-c3ccc(Oc4ccccc4)nc3F)c3c(N)ncnc32)C1)N1CCC1. The van der Waals surface area contributed by atoms with Gasteiger partial charge in [-0.15, -0.1) is 0 Å². The van der Waals surface area contributed by atoms with E-state index < -0.39 is 11.5 Å². The van der Waals surface area contributed by atoms with Crippen molar-refractivity contribution < 1.29 is 13.9 Å². The molecule has 0 aliphatic carbocycles. The summed E-state index contributed by atoms with van der Waals surface area (Å²) in [5, 5.41) is 15.1. The van der Waals surface area contributed by atoms with Crippen molar-refractivity contribution in [3.05, 3.63) is 66.4 Å². The van der Waals surface area contributed by atoms with E-state index in [2.05, 4.69) is 25.9 Å². The Labute approximate surface area is 248 Å². The molecule has 0 unspecified atom stereocenters. The van der Waals surface area contributed by atoms with Gasteiger partial charge in [0.2, 0.25) is 11.8 Å². The molecule has 0 radical (unpaired) electrons. The maximum Gasteiger partial charge on any atom is 0.264 e. The second-order valence-corrected chi connectivity index (χ2v) is 11.4. The molecule has 3 aromatic heterocycles. The Morgan fingerprint density at radius 1 is 1.14 bits per heavy atom. The number of halogens is 1. The van der Waals surface area contributed by atoms with E-state index in [4.69, 9.17) is 15.6 Å². The molecule has 12 heteroatoms. The van der Waals surface area contributed by atoms with Crippen LogP contribution in [0.2, 0.25) is 0 Å². The van der Waals surface area contributed by atoms with Gasteiger partial charge in [0.15, 0.2) is 5.65 Å². The summed E-state index contributed by atoms with van der Waals surface area (Å²) < 4.78 is 22.8. The lowest BCUT2D eigenvalue weighted by Crippen LogP contribution is -2.51. The zero-order valence-corrected chi connectivity index (χ0v) is 24.1. The monoisotopic (exact) mass is 581 g/mol. The fourth-order valence-electron chi connectivity index (χ4n) is 5.69. The number of nitriles is 1. The minimum Gasteiger partial charge on any atom is -0.439 e. The Balaban J connectivity index is 1.30. The molecule has 2 aliphatic rings. The van der Waals surface area contributed by atoms with E-state index in [1.807, 2.05) is 32.0 Å². The number of ether oxygens (including phenoxy) is 1. The molecular weight excluding hydrogens is 549 g/mol.